The lowest BCUT2D eigenvalue weighted by atomic mass is 10.0. The van der Waals surface area contributed by atoms with Gasteiger partial charge in [-0.1, -0.05) is 62.5 Å². The number of nitrogens with one attached hydrogen (secondary N) is 2. The van der Waals surface area contributed by atoms with Crippen LogP contribution in [0.5, 0.6) is 0 Å². The van der Waals surface area contributed by atoms with Crippen LogP contribution in [0.2, 0.25) is 61.4 Å². The zero-order chi connectivity index (χ0) is 56.2. The van der Waals surface area contributed by atoms with Crippen molar-refractivity contribution in [1.29, 1.82) is 0 Å². The molecule has 0 spiro atoms. The average Bonchev–Trinajstić information content (AvgIpc) is 4.05. The van der Waals surface area contributed by atoms with Gasteiger partial charge >= 0.3 is 0 Å². The summed E-state index contributed by atoms with van der Waals surface area (Å²) in [6.07, 6.45) is 6.68. The SMILES string of the molecule is C[C@@H](NC(=O)c1cn(COCC[Si](C)(C)C)c2ncc(-c3nn(C)c4cc(Cl)ccc34)nc12)C(C)(C)O.C[C@@H](NC(=O)c1cn(COCC[Si](C)(C)C)c2ncc(Br)nc12)C(C)(C)O.Cc1nn(C)c2cc(Cl)ccc12. The Morgan fingerprint density at radius 2 is 1.13 bits per heavy atom. The second-order valence-electron chi connectivity index (χ2n) is 22.7. The molecule has 6 heterocycles. The summed E-state index contributed by atoms with van der Waals surface area (Å²) in [5.41, 5.74) is 4.92. The van der Waals surface area contributed by atoms with E-state index in [2.05, 4.69) is 91.0 Å². The molecular formula is C53H73BrCl2N12O6Si2. The zero-order valence-corrected chi connectivity index (χ0v) is 51.4. The molecule has 2 atom stereocenters. The first-order valence-electron chi connectivity index (χ1n) is 25.1. The molecule has 23 heteroatoms. The summed E-state index contributed by atoms with van der Waals surface area (Å²) in [7, 11) is 1.37. The zero-order valence-electron chi connectivity index (χ0n) is 46.3. The number of hydrogen-bond donors (Lipinski definition) is 4. The van der Waals surface area contributed by atoms with E-state index in [1.807, 2.05) is 62.1 Å². The van der Waals surface area contributed by atoms with E-state index >= 15 is 0 Å². The normalized spacial score (nSPS) is 13.2. The van der Waals surface area contributed by atoms with Crippen LogP contribution in [0.4, 0.5) is 0 Å². The Labute approximate surface area is 465 Å². The van der Waals surface area contributed by atoms with Crippen molar-refractivity contribution in [2.45, 2.75) is 137 Å². The lowest BCUT2D eigenvalue weighted by Gasteiger charge is -2.26. The molecule has 0 bridgehead atoms. The summed E-state index contributed by atoms with van der Waals surface area (Å²) in [6.45, 7) is 27.8. The van der Waals surface area contributed by atoms with Crippen molar-refractivity contribution in [3.63, 3.8) is 0 Å². The van der Waals surface area contributed by atoms with Crippen LogP contribution in [0.3, 0.4) is 0 Å². The van der Waals surface area contributed by atoms with Gasteiger partial charge in [0, 0.05) is 76.7 Å². The number of fused-ring (bicyclic) bond motifs is 4. The lowest BCUT2D eigenvalue weighted by molar-refractivity contribution is 0.0408. The van der Waals surface area contributed by atoms with Gasteiger partial charge in [0.05, 0.1) is 63.5 Å². The summed E-state index contributed by atoms with van der Waals surface area (Å²) >= 11 is 15.4. The van der Waals surface area contributed by atoms with E-state index in [0.717, 1.165) is 39.2 Å². The molecule has 0 aliphatic carbocycles. The van der Waals surface area contributed by atoms with Gasteiger partial charge in [0.15, 0.2) is 11.3 Å². The Morgan fingerprint density at radius 3 is 1.61 bits per heavy atom. The summed E-state index contributed by atoms with van der Waals surface area (Å²) in [6, 6.07) is 12.6. The van der Waals surface area contributed by atoms with Crippen molar-refractivity contribution < 1.29 is 29.3 Å². The van der Waals surface area contributed by atoms with Crippen LogP contribution >= 0.6 is 39.1 Å². The molecule has 2 amide bonds. The molecule has 0 saturated carbocycles. The van der Waals surface area contributed by atoms with E-state index in [-0.39, 0.29) is 18.5 Å². The number of amides is 2. The predicted octanol–water partition coefficient (Wildman–Crippen LogP) is 10.8. The van der Waals surface area contributed by atoms with Crippen molar-refractivity contribution in [2.24, 2.45) is 14.1 Å². The number of nitrogens with zero attached hydrogens (tertiary/aromatic N) is 10. The number of ether oxygens (including phenoxy) is 2. The minimum Gasteiger partial charge on any atom is -0.388 e. The molecule has 0 radical (unpaired) electrons. The van der Waals surface area contributed by atoms with Crippen LogP contribution in [-0.2, 0) is 37.0 Å². The fourth-order valence-corrected chi connectivity index (χ4v) is 9.67. The largest absolute Gasteiger partial charge is 0.388 e. The highest BCUT2D eigenvalue weighted by molar-refractivity contribution is 9.10. The first-order valence-corrected chi connectivity index (χ1v) is 34.1. The van der Waals surface area contributed by atoms with Gasteiger partial charge in [-0.2, -0.15) is 10.2 Å². The van der Waals surface area contributed by atoms with Crippen LogP contribution in [-0.4, -0.2) is 123 Å². The second-order valence-corrected chi connectivity index (χ2v) is 35.6. The maximum atomic E-state index is 13.3. The predicted molar refractivity (Wildman–Crippen MR) is 313 cm³/mol. The van der Waals surface area contributed by atoms with Crippen molar-refractivity contribution in [1.82, 2.24) is 59.3 Å². The Bertz CT molecular complexity index is 3350. The Hall–Kier alpha value is -5.11. The number of benzene rings is 2. The van der Waals surface area contributed by atoms with Gasteiger partial charge in [0.2, 0.25) is 0 Å². The fraction of sp³-hybridized carbons (Fsp3) is 0.472. The van der Waals surface area contributed by atoms with Crippen LogP contribution in [0.25, 0.3) is 55.5 Å². The first kappa shape index (κ1) is 60.1. The van der Waals surface area contributed by atoms with E-state index in [9.17, 15) is 19.8 Å². The monoisotopic (exact) mass is 1180 g/mol. The molecule has 18 nitrogen and oxygen atoms in total. The molecule has 410 valence electrons. The Balaban J connectivity index is 0.000000208. The van der Waals surface area contributed by atoms with E-state index in [0.29, 0.717) is 74.4 Å². The van der Waals surface area contributed by atoms with Crippen molar-refractivity contribution in [2.75, 3.05) is 13.2 Å². The van der Waals surface area contributed by atoms with E-state index in [1.165, 1.54) is 5.39 Å². The van der Waals surface area contributed by atoms with E-state index in [4.69, 9.17) is 37.7 Å². The van der Waals surface area contributed by atoms with Gasteiger partial charge in [-0.15, -0.1) is 0 Å². The van der Waals surface area contributed by atoms with Crippen LogP contribution in [0, 0.1) is 6.92 Å². The maximum Gasteiger partial charge on any atom is 0.255 e. The first-order chi connectivity index (χ1) is 35.3. The van der Waals surface area contributed by atoms with Gasteiger partial charge in [0.25, 0.3) is 11.8 Å². The van der Waals surface area contributed by atoms with Crippen LogP contribution < -0.4 is 10.6 Å². The van der Waals surface area contributed by atoms with E-state index in [1.54, 1.807) is 80.1 Å². The summed E-state index contributed by atoms with van der Waals surface area (Å²) in [5.74, 6) is -0.646. The summed E-state index contributed by atoms with van der Waals surface area (Å²) in [5, 5.41) is 38.5. The molecule has 2 aromatic carbocycles. The molecule has 0 aliphatic heterocycles. The third-order valence-electron chi connectivity index (χ3n) is 12.9. The number of hydrogen-bond acceptors (Lipinski definition) is 12. The van der Waals surface area contributed by atoms with Gasteiger partial charge in [-0.25, -0.2) is 19.9 Å². The number of rotatable bonds is 17. The highest BCUT2D eigenvalue weighted by Crippen LogP contribution is 2.31. The molecule has 0 saturated heterocycles. The van der Waals surface area contributed by atoms with Gasteiger partial charge in [0.1, 0.15) is 40.5 Å². The molecule has 0 fully saturated rings. The van der Waals surface area contributed by atoms with Gasteiger partial charge < -0.3 is 39.5 Å². The minimum absolute atomic E-state index is 0.258. The second kappa shape index (κ2) is 24.3. The molecule has 8 aromatic rings. The van der Waals surface area contributed by atoms with Gasteiger partial charge in [-0.3, -0.25) is 19.0 Å². The third kappa shape index (κ3) is 15.6. The van der Waals surface area contributed by atoms with E-state index < -0.39 is 39.4 Å². The number of aryl methyl sites for hydroxylation is 3. The molecule has 76 heavy (non-hydrogen) atoms. The Kier molecular flexibility index (Phi) is 19.2. The molecule has 4 N–H and O–H groups in total. The highest BCUT2D eigenvalue weighted by atomic mass is 79.9. The van der Waals surface area contributed by atoms with Crippen LogP contribution in [0.1, 0.15) is 68.0 Å². The number of carbonyl (C=O) groups excluding carboxylic acids is 2. The van der Waals surface area contributed by atoms with Crippen LogP contribution in [0.15, 0.2) is 65.8 Å². The number of aromatic nitrogens is 10. The topological polar surface area (TPSA) is 214 Å². The highest BCUT2D eigenvalue weighted by Gasteiger charge is 2.29. The molecule has 6 aromatic heterocycles. The quantitative estimate of drug-likeness (QED) is 0.0495. The van der Waals surface area contributed by atoms with Crippen molar-refractivity contribution >= 4 is 111 Å². The Morgan fingerprint density at radius 1 is 0.697 bits per heavy atom. The molecular weight excluding hydrogens is 1110 g/mol. The standard InChI is InChI=1S/C26H35ClN6O3Si.C18H29BrN4O3Si.C9H9ClN2/c1-16(26(2,3)35)29-25(34)19-14-33(15-36-10-11-37(5,6)7)24-23(19)30-20(13-28-24)22-18-9-8-17(27)12-21(18)32(4)31-22;1-12(18(2,3)25)21-17(24)13-10-23(11-26-7-8-27(4,5)6)16-15(13)22-14(19)9-20-16;1-6-8-4-3-7(10)5-9(8)12(2)11-6/h8-9,12-14,16,35H,10-11,15H2,1-7H3,(H,29,34);9-10,12,25H,7-8,11H2,1-6H3,(H,21,24);3-5H,1-2H3/t16-;12-;/m11./s1. The smallest absolute Gasteiger partial charge is 0.255 e. The molecule has 8 rings (SSSR count). The maximum absolute atomic E-state index is 13.3. The lowest BCUT2D eigenvalue weighted by Crippen LogP contribution is -2.47. The number of aliphatic hydroxyl groups is 2. The summed E-state index contributed by atoms with van der Waals surface area (Å²) < 4.78 is 19.5. The van der Waals surface area contributed by atoms with Gasteiger partial charge in [-0.05, 0) is 113 Å². The third-order valence-corrected chi connectivity index (χ3v) is 17.2. The molecule has 0 unspecified atom stereocenters. The summed E-state index contributed by atoms with van der Waals surface area (Å²) in [4.78, 5) is 44.4. The minimum atomic E-state index is -1.23. The number of carbonyl (C=O) groups is 2. The van der Waals surface area contributed by atoms with Crippen molar-refractivity contribution in [3.05, 3.63) is 92.7 Å². The number of halogens is 3. The van der Waals surface area contributed by atoms with Crippen molar-refractivity contribution in [3.8, 4) is 11.4 Å². The fourth-order valence-electron chi connectivity index (χ4n) is 7.54. The molecule has 0 aliphatic rings. The average molecular weight is 1180 g/mol.